The SMILES string of the molecule is Cc1ncccc1CNC1(C)CCN(CC(=O)O)CC1. The first-order valence-electron chi connectivity index (χ1n) is 7.08. The molecule has 1 aliphatic heterocycles. The summed E-state index contributed by atoms with van der Waals surface area (Å²) in [6.07, 6.45) is 3.75. The van der Waals surface area contributed by atoms with Crippen LogP contribution in [-0.4, -0.2) is 46.1 Å². The van der Waals surface area contributed by atoms with E-state index in [1.165, 1.54) is 5.56 Å². The molecule has 110 valence electrons. The van der Waals surface area contributed by atoms with E-state index in [0.29, 0.717) is 0 Å². The Balaban J connectivity index is 1.85. The van der Waals surface area contributed by atoms with Gasteiger partial charge in [-0.25, -0.2) is 0 Å². The Morgan fingerprint density at radius 3 is 2.80 bits per heavy atom. The fraction of sp³-hybridized carbons (Fsp3) is 0.600. The van der Waals surface area contributed by atoms with Crippen LogP contribution in [0.1, 0.15) is 31.0 Å². The summed E-state index contributed by atoms with van der Waals surface area (Å²) in [5.74, 6) is -0.743. The summed E-state index contributed by atoms with van der Waals surface area (Å²) >= 11 is 0. The van der Waals surface area contributed by atoms with Crippen LogP contribution < -0.4 is 5.32 Å². The Bertz CT molecular complexity index is 468. The number of hydrogen-bond acceptors (Lipinski definition) is 4. The third kappa shape index (κ3) is 4.02. The first-order valence-corrected chi connectivity index (χ1v) is 7.08. The van der Waals surface area contributed by atoms with Crippen molar-refractivity contribution in [3.05, 3.63) is 29.6 Å². The number of aryl methyl sites for hydroxylation is 1. The molecule has 2 N–H and O–H groups in total. The van der Waals surface area contributed by atoms with Gasteiger partial charge in [-0.2, -0.15) is 0 Å². The number of nitrogens with zero attached hydrogens (tertiary/aromatic N) is 2. The van der Waals surface area contributed by atoms with Crippen molar-refractivity contribution in [1.29, 1.82) is 0 Å². The van der Waals surface area contributed by atoms with Crippen molar-refractivity contribution in [3.8, 4) is 0 Å². The van der Waals surface area contributed by atoms with Gasteiger partial charge in [0.25, 0.3) is 0 Å². The van der Waals surface area contributed by atoms with Crippen molar-refractivity contribution in [3.63, 3.8) is 0 Å². The van der Waals surface area contributed by atoms with Crippen molar-refractivity contribution in [2.75, 3.05) is 19.6 Å². The van der Waals surface area contributed by atoms with Crippen LogP contribution >= 0.6 is 0 Å². The van der Waals surface area contributed by atoms with E-state index in [-0.39, 0.29) is 12.1 Å². The molecule has 2 rings (SSSR count). The number of aromatic nitrogens is 1. The molecule has 0 spiro atoms. The van der Waals surface area contributed by atoms with Gasteiger partial charge in [0, 0.05) is 37.1 Å². The van der Waals surface area contributed by atoms with Gasteiger partial charge in [-0.3, -0.25) is 14.7 Å². The van der Waals surface area contributed by atoms with Gasteiger partial charge in [0.15, 0.2) is 0 Å². The molecule has 5 heteroatoms. The van der Waals surface area contributed by atoms with E-state index in [1.54, 1.807) is 0 Å². The molecule has 0 amide bonds. The quantitative estimate of drug-likeness (QED) is 0.852. The summed E-state index contributed by atoms with van der Waals surface area (Å²) in [6, 6.07) is 4.06. The third-order valence-electron chi connectivity index (χ3n) is 4.14. The van der Waals surface area contributed by atoms with Crippen LogP contribution in [0.25, 0.3) is 0 Å². The maximum atomic E-state index is 10.7. The number of likely N-dealkylation sites (tertiary alicyclic amines) is 1. The van der Waals surface area contributed by atoms with E-state index >= 15 is 0 Å². The number of pyridine rings is 1. The summed E-state index contributed by atoms with van der Waals surface area (Å²) in [6.45, 7) is 6.88. The van der Waals surface area contributed by atoms with Gasteiger partial charge in [0.05, 0.1) is 6.54 Å². The molecule has 0 unspecified atom stereocenters. The highest BCUT2D eigenvalue weighted by atomic mass is 16.4. The van der Waals surface area contributed by atoms with Crippen LogP contribution in [0.3, 0.4) is 0 Å². The number of carboxylic acids is 1. The van der Waals surface area contributed by atoms with Crippen LogP contribution in [0.4, 0.5) is 0 Å². The van der Waals surface area contributed by atoms with Crippen LogP contribution in [0.15, 0.2) is 18.3 Å². The molecular formula is C15H23N3O2. The highest BCUT2D eigenvalue weighted by Crippen LogP contribution is 2.22. The predicted molar refractivity (Wildman–Crippen MR) is 77.5 cm³/mol. The lowest BCUT2D eigenvalue weighted by Crippen LogP contribution is -2.51. The Labute approximate surface area is 120 Å². The molecule has 1 aromatic heterocycles. The van der Waals surface area contributed by atoms with Crippen LogP contribution in [-0.2, 0) is 11.3 Å². The molecule has 0 atom stereocenters. The summed E-state index contributed by atoms with van der Waals surface area (Å²) in [5, 5.41) is 12.4. The van der Waals surface area contributed by atoms with Crippen molar-refractivity contribution in [1.82, 2.24) is 15.2 Å². The molecule has 5 nitrogen and oxygen atoms in total. The molecule has 0 aromatic carbocycles. The Morgan fingerprint density at radius 2 is 2.20 bits per heavy atom. The van der Waals surface area contributed by atoms with Crippen molar-refractivity contribution < 1.29 is 9.90 Å². The van der Waals surface area contributed by atoms with Gasteiger partial charge in [-0.05, 0) is 38.3 Å². The first-order chi connectivity index (χ1) is 9.48. The summed E-state index contributed by atoms with van der Waals surface area (Å²) < 4.78 is 0. The average molecular weight is 277 g/mol. The van der Waals surface area contributed by atoms with Crippen molar-refractivity contribution in [2.45, 2.75) is 38.8 Å². The molecule has 2 heterocycles. The molecule has 0 saturated carbocycles. The second-order valence-corrected chi connectivity index (χ2v) is 5.83. The molecule has 1 saturated heterocycles. The highest BCUT2D eigenvalue weighted by molar-refractivity contribution is 5.69. The lowest BCUT2D eigenvalue weighted by molar-refractivity contribution is -0.138. The second-order valence-electron chi connectivity index (χ2n) is 5.83. The van der Waals surface area contributed by atoms with Crippen LogP contribution in [0.5, 0.6) is 0 Å². The zero-order valence-corrected chi connectivity index (χ0v) is 12.2. The van der Waals surface area contributed by atoms with Gasteiger partial charge >= 0.3 is 5.97 Å². The molecule has 1 aliphatic rings. The fourth-order valence-corrected chi connectivity index (χ4v) is 2.59. The van der Waals surface area contributed by atoms with Gasteiger partial charge in [0.1, 0.15) is 0 Å². The summed E-state index contributed by atoms with van der Waals surface area (Å²) in [5.41, 5.74) is 2.37. The van der Waals surface area contributed by atoms with Gasteiger partial charge in [0.2, 0.25) is 0 Å². The molecule has 1 aromatic rings. The maximum absolute atomic E-state index is 10.7. The second kappa shape index (κ2) is 6.33. The van der Waals surface area contributed by atoms with E-state index in [9.17, 15) is 4.79 Å². The Kier molecular flexibility index (Phi) is 4.73. The number of aliphatic carboxylic acids is 1. The van der Waals surface area contributed by atoms with Crippen LogP contribution in [0, 0.1) is 6.92 Å². The van der Waals surface area contributed by atoms with E-state index in [4.69, 9.17) is 5.11 Å². The summed E-state index contributed by atoms with van der Waals surface area (Å²) in [4.78, 5) is 17.0. The van der Waals surface area contributed by atoms with E-state index < -0.39 is 5.97 Å². The van der Waals surface area contributed by atoms with E-state index in [2.05, 4.69) is 23.3 Å². The van der Waals surface area contributed by atoms with Crippen molar-refractivity contribution >= 4 is 5.97 Å². The molecule has 0 aliphatic carbocycles. The minimum absolute atomic E-state index is 0.0806. The lowest BCUT2D eigenvalue weighted by Gasteiger charge is -2.39. The molecular weight excluding hydrogens is 254 g/mol. The smallest absolute Gasteiger partial charge is 0.317 e. The number of nitrogens with one attached hydrogen (secondary N) is 1. The standard InChI is InChI=1S/C15H23N3O2/c1-12-13(4-3-7-16-12)10-17-15(2)5-8-18(9-6-15)11-14(19)20/h3-4,7,17H,5-6,8-11H2,1-2H3,(H,19,20). The third-order valence-corrected chi connectivity index (χ3v) is 4.14. The minimum Gasteiger partial charge on any atom is -0.480 e. The van der Waals surface area contributed by atoms with Crippen molar-refractivity contribution in [2.24, 2.45) is 0 Å². The van der Waals surface area contributed by atoms with Gasteiger partial charge in [-0.15, -0.1) is 0 Å². The van der Waals surface area contributed by atoms with E-state index in [0.717, 1.165) is 38.2 Å². The van der Waals surface area contributed by atoms with Crippen LogP contribution in [0.2, 0.25) is 0 Å². The minimum atomic E-state index is -0.743. The Hall–Kier alpha value is -1.46. The molecule has 1 fully saturated rings. The largest absolute Gasteiger partial charge is 0.480 e. The number of piperidine rings is 1. The molecule has 0 radical (unpaired) electrons. The van der Waals surface area contributed by atoms with Gasteiger partial charge in [-0.1, -0.05) is 6.07 Å². The summed E-state index contributed by atoms with van der Waals surface area (Å²) in [7, 11) is 0. The average Bonchev–Trinajstić information content (AvgIpc) is 2.41. The normalized spacial score (nSPS) is 18.9. The van der Waals surface area contributed by atoms with E-state index in [1.807, 2.05) is 24.1 Å². The zero-order chi connectivity index (χ0) is 14.6. The molecule has 0 bridgehead atoms. The molecule has 20 heavy (non-hydrogen) atoms. The number of carbonyl (C=O) groups is 1. The number of hydrogen-bond donors (Lipinski definition) is 2. The number of rotatable bonds is 5. The monoisotopic (exact) mass is 277 g/mol. The Morgan fingerprint density at radius 1 is 1.50 bits per heavy atom. The lowest BCUT2D eigenvalue weighted by atomic mass is 9.89. The highest BCUT2D eigenvalue weighted by Gasteiger charge is 2.30. The first kappa shape index (κ1) is 14.9. The maximum Gasteiger partial charge on any atom is 0.317 e. The number of carboxylic acid groups (broad SMARTS) is 1. The predicted octanol–water partition coefficient (Wildman–Crippen LogP) is 1.42. The van der Waals surface area contributed by atoms with Gasteiger partial charge < -0.3 is 10.4 Å². The topological polar surface area (TPSA) is 65.5 Å². The zero-order valence-electron chi connectivity index (χ0n) is 12.2. The fourth-order valence-electron chi connectivity index (χ4n) is 2.59.